The molecule has 230 valence electrons. The molecule has 3 amide bonds. The van der Waals surface area contributed by atoms with E-state index in [2.05, 4.69) is 10.8 Å². The minimum Gasteiger partial charge on any atom is -0.453 e. The third kappa shape index (κ3) is 7.67. The fourth-order valence-electron chi connectivity index (χ4n) is 4.99. The van der Waals surface area contributed by atoms with E-state index in [1.807, 2.05) is 6.07 Å². The predicted molar refractivity (Wildman–Crippen MR) is 156 cm³/mol. The summed E-state index contributed by atoms with van der Waals surface area (Å²) in [5.74, 6) is -1.23. The molecule has 2 atom stereocenters. The first kappa shape index (κ1) is 31.9. The van der Waals surface area contributed by atoms with E-state index in [1.165, 1.54) is 23.3 Å². The van der Waals surface area contributed by atoms with Crippen LogP contribution in [-0.2, 0) is 43.2 Å². The normalized spacial score (nSPS) is 22.1. The van der Waals surface area contributed by atoms with E-state index in [4.69, 9.17) is 19.0 Å². The van der Waals surface area contributed by atoms with Crippen LogP contribution in [0.5, 0.6) is 0 Å². The van der Waals surface area contributed by atoms with Crippen molar-refractivity contribution in [3.8, 4) is 10.4 Å². The lowest BCUT2D eigenvalue weighted by atomic mass is 9.97. The molecule has 4 rings (SSSR count). The molecule has 0 spiro atoms. The zero-order chi connectivity index (χ0) is 30.2. The zero-order valence-corrected chi connectivity index (χ0v) is 25.4. The number of ether oxygens (including phenoxy) is 3. The number of hydrogen-bond donors (Lipinski definition) is 2. The van der Waals surface area contributed by atoms with Gasteiger partial charge >= 0.3 is 6.09 Å². The second-order valence-electron chi connectivity index (χ2n) is 10.1. The summed E-state index contributed by atoms with van der Waals surface area (Å²) in [6, 6.07) is 10.7. The minimum atomic E-state index is -3.95. The number of nitrogens with one attached hydrogen (secondary N) is 2. The molecule has 0 bridgehead atoms. The number of nitrogens with zero attached hydrogens (tertiary/aromatic N) is 1. The molecule has 0 aliphatic carbocycles. The fraction of sp³-hybridized carbons (Fsp3) is 0.536. The highest BCUT2D eigenvalue weighted by molar-refractivity contribution is 7.92. The van der Waals surface area contributed by atoms with Gasteiger partial charge in [-0.15, -0.1) is 11.3 Å². The van der Waals surface area contributed by atoms with Crippen LogP contribution < -0.4 is 10.8 Å². The van der Waals surface area contributed by atoms with Crippen LogP contribution >= 0.6 is 11.3 Å². The molecule has 2 aromatic rings. The lowest BCUT2D eigenvalue weighted by molar-refractivity contribution is -0.200. The Bertz CT molecular complexity index is 1360. The number of hydrogen-bond acceptors (Lipinski definition) is 10. The number of rotatable bonds is 10. The standard InChI is InChI=1S/C28H37N3O9S2/c1-3-38-19-25(33)29-21-8-6-7-20(17-21)22-10-11-23(41-22)28(18-24(32)30-40-26-9-4-5-15-39-26)12-13-31(27(34)37-2)14-16-42(28,35)36/h6-8,10-11,17,26H,3-5,9,12-16,18-19H2,1-2H3,(H,29,33)(H,30,32)/t26?,28-/m0/s1. The van der Waals surface area contributed by atoms with Crippen molar-refractivity contribution < 1.29 is 41.8 Å². The molecular weight excluding hydrogens is 586 g/mol. The fourth-order valence-corrected chi connectivity index (χ4v) is 8.59. The molecule has 2 N–H and O–H groups in total. The molecule has 1 unspecified atom stereocenters. The van der Waals surface area contributed by atoms with Crippen molar-refractivity contribution >= 4 is 44.8 Å². The average Bonchev–Trinajstić information content (AvgIpc) is 3.45. The molecule has 3 heterocycles. The van der Waals surface area contributed by atoms with Crippen LogP contribution in [0.1, 0.15) is 43.9 Å². The first-order chi connectivity index (χ1) is 20.2. The Hall–Kier alpha value is -3.04. The van der Waals surface area contributed by atoms with E-state index in [-0.39, 0.29) is 37.8 Å². The summed E-state index contributed by atoms with van der Waals surface area (Å²) in [4.78, 5) is 45.6. The van der Waals surface area contributed by atoms with Gasteiger partial charge in [0.05, 0.1) is 19.3 Å². The highest BCUT2D eigenvalue weighted by Gasteiger charge is 2.50. The summed E-state index contributed by atoms with van der Waals surface area (Å²) >= 11 is 1.25. The molecule has 0 radical (unpaired) electrons. The van der Waals surface area contributed by atoms with Gasteiger partial charge in [-0.1, -0.05) is 12.1 Å². The van der Waals surface area contributed by atoms with Crippen molar-refractivity contribution in [3.05, 3.63) is 41.3 Å². The zero-order valence-electron chi connectivity index (χ0n) is 23.8. The molecule has 2 aliphatic heterocycles. The van der Waals surface area contributed by atoms with Gasteiger partial charge < -0.3 is 24.4 Å². The van der Waals surface area contributed by atoms with Gasteiger partial charge in [-0.2, -0.15) is 0 Å². The van der Waals surface area contributed by atoms with Gasteiger partial charge in [0, 0.05) is 48.2 Å². The second-order valence-corrected chi connectivity index (χ2v) is 13.6. The summed E-state index contributed by atoms with van der Waals surface area (Å²) in [5.41, 5.74) is 3.73. The molecule has 1 aromatic heterocycles. The van der Waals surface area contributed by atoms with Gasteiger partial charge in [-0.3, -0.25) is 9.59 Å². The average molecular weight is 624 g/mol. The maximum absolute atomic E-state index is 14.0. The quantitative estimate of drug-likeness (QED) is 0.380. The molecule has 2 saturated heterocycles. The number of amides is 3. The van der Waals surface area contributed by atoms with E-state index in [1.54, 1.807) is 37.3 Å². The van der Waals surface area contributed by atoms with Crippen LogP contribution in [0.25, 0.3) is 10.4 Å². The minimum absolute atomic E-state index is 0.00867. The SMILES string of the molecule is CCOCC(=O)Nc1cccc(-c2ccc([C@@]3(CC(=O)NOC4CCCCO4)CCN(C(=O)OC)CCS3(=O)=O)s2)c1. The number of methoxy groups -OCH3 is 1. The number of anilines is 1. The number of sulfone groups is 1. The van der Waals surface area contributed by atoms with Crippen molar-refractivity contribution in [2.24, 2.45) is 0 Å². The van der Waals surface area contributed by atoms with Gasteiger partial charge in [0.15, 0.2) is 16.1 Å². The lowest BCUT2D eigenvalue weighted by Crippen LogP contribution is -2.43. The first-order valence-electron chi connectivity index (χ1n) is 13.9. The maximum atomic E-state index is 14.0. The summed E-state index contributed by atoms with van der Waals surface area (Å²) in [5, 5.41) is 2.79. The molecule has 0 saturated carbocycles. The molecule has 2 fully saturated rings. The highest BCUT2D eigenvalue weighted by Crippen LogP contribution is 2.45. The Morgan fingerprint density at radius 2 is 1.98 bits per heavy atom. The molecule has 1 aromatic carbocycles. The number of hydroxylamine groups is 1. The molecular formula is C28H37N3O9S2. The van der Waals surface area contributed by atoms with E-state index in [9.17, 15) is 22.8 Å². The Balaban J connectivity index is 1.62. The van der Waals surface area contributed by atoms with Crippen LogP contribution in [0.15, 0.2) is 36.4 Å². The van der Waals surface area contributed by atoms with Crippen molar-refractivity contribution in [1.29, 1.82) is 0 Å². The third-order valence-electron chi connectivity index (χ3n) is 7.26. The van der Waals surface area contributed by atoms with E-state index in [0.29, 0.717) is 30.2 Å². The van der Waals surface area contributed by atoms with Crippen LogP contribution in [0, 0.1) is 0 Å². The lowest BCUT2D eigenvalue weighted by Gasteiger charge is -2.31. The second kappa shape index (κ2) is 14.4. The predicted octanol–water partition coefficient (Wildman–Crippen LogP) is 3.44. The molecule has 42 heavy (non-hydrogen) atoms. The van der Waals surface area contributed by atoms with Crippen LogP contribution in [0.2, 0.25) is 0 Å². The van der Waals surface area contributed by atoms with Crippen molar-refractivity contribution in [1.82, 2.24) is 10.4 Å². The summed E-state index contributed by atoms with van der Waals surface area (Å²) in [6.45, 7) is 2.72. The molecule has 14 heteroatoms. The van der Waals surface area contributed by atoms with E-state index >= 15 is 0 Å². The van der Waals surface area contributed by atoms with Crippen molar-refractivity contribution in [3.63, 3.8) is 0 Å². The Morgan fingerprint density at radius 1 is 1.14 bits per heavy atom. The van der Waals surface area contributed by atoms with Gasteiger partial charge in [0.2, 0.25) is 11.8 Å². The molecule has 2 aliphatic rings. The topological polar surface area (TPSA) is 150 Å². The van der Waals surface area contributed by atoms with Gasteiger partial charge in [-0.25, -0.2) is 23.5 Å². The van der Waals surface area contributed by atoms with Crippen molar-refractivity contribution in [2.45, 2.75) is 50.1 Å². The smallest absolute Gasteiger partial charge is 0.409 e. The maximum Gasteiger partial charge on any atom is 0.409 e. The Labute approximate surface area is 249 Å². The summed E-state index contributed by atoms with van der Waals surface area (Å²) in [6.07, 6.45) is 0.812. The largest absolute Gasteiger partial charge is 0.453 e. The Morgan fingerprint density at radius 3 is 2.71 bits per heavy atom. The first-order valence-corrected chi connectivity index (χ1v) is 16.3. The summed E-state index contributed by atoms with van der Waals surface area (Å²) < 4.78 is 41.8. The Kier molecular flexibility index (Phi) is 11.0. The monoisotopic (exact) mass is 623 g/mol. The number of carbonyl (C=O) groups excluding carboxylic acids is 3. The van der Waals surface area contributed by atoms with Crippen LogP contribution in [0.3, 0.4) is 0 Å². The number of benzene rings is 1. The molecule has 12 nitrogen and oxygen atoms in total. The summed E-state index contributed by atoms with van der Waals surface area (Å²) in [7, 11) is -2.70. The van der Waals surface area contributed by atoms with Crippen molar-refractivity contribution in [2.75, 3.05) is 51.1 Å². The van der Waals surface area contributed by atoms with Crippen LogP contribution in [-0.4, -0.2) is 83.3 Å². The van der Waals surface area contributed by atoms with E-state index in [0.717, 1.165) is 23.3 Å². The highest BCUT2D eigenvalue weighted by atomic mass is 32.2. The van der Waals surface area contributed by atoms with Gasteiger partial charge in [-0.05, 0) is 56.0 Å². The number of carbonyl (C=O) groups is 3. The van der Waals surface area contributed by atoms with Crippen LogP contribution in [0.4, 0.5) is 10.5 Å². The van der Waals surface area contributed by atoms with Gasteiger partial charge in [0.1, 0.15) is 11.4 Å². The van der Waals surface area contributed by atoms with E-state index < -0.39 is 39.3 Å². The number of thiophene rings is 1. The third-order valence-corrected chi connectivity index (χ3v) is 11.2. The van der Waals surface area contributed by atoms with Gasteiger partial charge in [0.25, 0.3) is 0 Å².